The molecule has 0 saturated carbocycles. The highest BCUT2D eigenvalue weighted by molar-refractivity contribution is 7.16. The summed E-state index contributed by atoms with van der Waals surface area (Å²) in [5.74, 6) is 5.73. The van der Waals surface area contributed by atoms with E-state index in [0.29, 0.717) is 0 Å². The predicted molar refractivity (Wildman–Crippen MR) is 76.4 cm³/mol. The molecule has 0 fully saturated rings. The lowest BCUT2D eigenvalue weighted by atomic mass is 9.91. The number of hydrazine groups is 1. The van der Waals surface area contributed by atoms with Crippen molar-refractivity contribution >= 4 is 22.9 Å². The summed E-state index contributed by atoms with van der Waals surface area (Å²) in [5.41, 5.74) is 2.88. The fraction of sp³-hybridized carbons (Fsp3) is 0.667. The first kappa shape index (κ1) is 14.9. The molecule has 3 nitrogen and oxygen atoms in total. The lowest BCUT2D eigenvalue weighted by Gasteiger charge is -2.42. The number of nitrogens with two attached hydrogens (primary N) is 1. The van der Waals surface area contributed by atoms with Gasteiger partial charge in [-0.3, -0.25) is 16.2 Å². The molecule has 1 aromatic rings. The molecule has 17 heavy (non-hydrogen) atoms. The van der Waals surface area contributed by atoms with Crippen LogP contribution in [-0.2, 0) is 0 Å². The lowest BCUT2D eigenvalue weighted by Crippen LogP contribution is -2.53. The van der Waals surface area contributed by atoms with E-state index in [1.165, 1.54) is 4.88 Å². The molecule has 1 rings (SSSR count). The van der Waals surface area contributed by atoms with Crippen molar-refractivity contribution in [2.24, 2.45) is 5.84 Å². The van der Waals surface area contributed by atoms with Crippen molar-refractivity contribution in [3.63, 3.8) is 0 Å². The molecular formula is C12H22ClN3S. The van der Waals surface area contributed by atoms with E-state index in [-0.39, 0.29) is 11.6 Å². The highest BCUT2D eigenvalue weighted by atomic mass is 35.5. The maximum Gasteiger partial charge on any atom is 0.0931 e. The van der Waals surface area contributed by atoms with Gasteiger partial charge in [0.2, 0.25) is 0 Å². The topological polar surface area (TPSA) is 41.3 Å². The second-order valence-corrected chi connectivity index (χ2v) is 6.31. The van der Waals surface area contributed by atoms with Crippen LogP contribution in [0, 0.1) is 0 Å². The Bertz CT molecular complexity index is 347. The van der Waals surface area contributed by atoms with Crippen molar-refractivity contribution in [1.29, 1.82) is 0 Å². The Morgan fingerprint density at radius 3 is 2.35 bits per heavy atom. The molecule has 0 aliphatic heterocycles. The van der Waals surface area contributed by atoms with Crippen LogP contribution in [0.4, 0.5) is 0 Å². The predicted octanol–water partition coefficient (Wildman–Crippen LogP) is 3.03. The molecule has 0 aliphatic carbocycles. The molecule has 5 heteroatoms. The number of rotatable bonds is 6. The molecule has 0 aromatic carbocycles. The average molecular weight is 276 g/mol. The molecule has 0 spiro atoms. The van der Waals surface area contributed by atoms with E-state index < -0.39 is 0 Å². The van der Waals surface area contributed by atoms with Gasteiger partial charge in [-0.2, -0.15) is 0 Å². The maximum absolute atomic E-state index is 6.00. The number of nitrogens with one attached hydrogen (secondary N) is 1. The van der Waals surface area contributed by atoms with Crippen molar-refractivity contribution in [3.8, 4) is 0 Å². The van der Waals surface area contributed by atoms with Crippen molar-refractivity contribution < 1.29 is 0 Å². The van der Waals surface area contributed by atoms with Crippen LogP contribution in [-0.4, -0.2) is 23.5 Å². The van der Waals surface area contributed by atoms with Gasteiger partial charge < -0.3 is 0 Å². The maximum atomic E-state index is 6.00. The minimum absolute atomic E-state index is 0.0492. The Labute approximate surface area is 113 Å². The molecule has 1 heterocycles. The SMILES string of the molecule is CCN(CC)C(C)(C)C(NN)c1ccc(Cl)s1. The fourth-order valence-electron chi connectivity index (χ4n) is 2.34. The van der Waals surface area contributed by atoms with Gasteiger partial charge in [-0.05, 0) is 39.1 Å². The average Bonchev–Trinajstić information content (AvgIpc) is 2.66. The van der Waals surface area contributed by atoms with E-state index in [1.54, 1.807) is 11.3 Å². The molecule has 1 unspecified atom stereocenters. The molecule has 3 N–H and O–H groups in total. The quantitative estimate of drug-likeness (QED) is 0.619. The molecule has 0 saturated heterocycles. The largest absolute Gasteiger partial charge is 0.297 e. The number of nitrogens with zero attached hydrogens (tertiary/aromatic N) is 1. The zero-order valence-corrected chi connectivity index (χ0v) is 12.5. The Morgan fingerprint density at radius 1 is 1.41 bits per heavy atom. The van der Waals surface area contributed by atoms with Crippen molar-refractivity contribution in [1.82, 2.24) is 10.3 Å². The summed E-state index contributed by atoms with van der Waals surface area (Å²) in [6.07, 6.45) is 0. The summed E-state index contributed by atoms with van der Waals surface area (Å²) in [4.78, 5) is 3.57. The molecule has 0 aliphatic rings. The fourth-order valence-corrected chi connectivity index (χ4v) is 3.64. The minimum Gasteiger partial charge on any atom is -0.297 e. The summed E-state index contributed by atoms with van der Waals surface area (Å²) in [7, 11) is 0. The van der Waals surface area contributed by atoms with Gasteiger partial charge in [0.15, 0.2) is 0 Å². The van der Waals surface area contributed by atoms with Gasteiger partial charge >= 0.3 is 0 Å². The molecular weight excluding hydrogens is 254 g/mol. The smallest absolute Gasteiger partial charge is 0.0931 e. The molecule has 1 atom stereocenters. The highest BCUT2D eigenvalue weighted by Gasteiger charge is 2.35. The summed E-state index contributed by atoms with van der Waals surface area (Å²) < 4.78 is 0.801. The summed E-state index contributed by atoms with van der Waals surface area (Å²) in [6, 6.07) is 4.05. The van der Waals surface area contributed by atoms with E-state index in [4.69, 9.17) is 17.4 Å². The van der Waals surface area contributed by atoms with Gasteiger partial charge in [0, 0.05) is 10.4 Å². The number of hydrogen-bond acceptors (Lipinski definition) is 4. The van der Waals surface area contributed by atoms with Crippen LogP contribution in [0.25, 0.3) is 0 Å². The third kappa shape index (κ3) is 3.20. The zero-order valence-electron chi connectivity index (χ0n) is 11.0. The van der Waals surface area contributed by atoms with Crippen molar-refractivity contribution in [3.05, 3.63) is 21.3 Å². The molecule has 0 bridgehead atoms. The monoisotopic (exact) mass is 275 g/mol. The minimum atomic E-state index is -0.0492. The van der Waals surface area contributed by atoms with Crippen LogP contribution in [0.1, 0.15) is 38.6 Å². The molecule has 98 valence electrons. The van der Waals surface area contributed by atoms with Crippen LogP contribution in [0.2, 0.25) is 4.34 Å². The summed E-state index contributed by atoms with van der Waals surface area (Å²) in [6.45, 7) is 10.7. The summed E-state index contributed by atoms with van der Waals surface area (Å²) >= 11 is 7.58. The normalized spacial score (nSPS) is 14.3. The molecule has 1 aromatic heterocycles. The van der Waals surface area contributed by atoms with Crippen LogP contribution >= 0.6 is 22.9 Å². The highest BCUT2D eigenvalue weighted by Crippen LogP contribution is 2.35. The van der Waals surface area contributed by atoms with E-state index in [1.807, 2.05) is 12.1 Å². The van der Waals surface area contributed by atoms with Crippen molar-refractivity contribution in [2.75, 3.05) is 13.1 Å². The van der Waals surface area contributed by atoms with Crippen LogP contribution in [0.3, 0.4) is 0 Å². The van der Waals surface area contributed by atoms with Crippen LogP contribution < -0.4 is 11.3 Å². The lowest BCUT2D eigenvalue weighted by molar-refractivity contribution is 0.0926. The van der Waals surface area contributed by atoms with Gasteiger partial charge in [-0.25, -0.2) is 0 Å². The van der Waals surface area contributed by atoms with Crippen LogP contribution in [0.5, 0.6) is 0 Å². The number of hydrogen-bond donors (Lipinski definition) is 2. The second kappa shape index (κ2) is 6.16. The third-order valence-electron chi connectivity index (χ3n) is 3.33. The first-order chi connectivity index (χ1) is 7.97. The first-order valence-electron chi connectivity index (χ1n) is 5.93. The zero-order chi connectivity index (χ0) is 13.1. The first-order valence-corrected chi connectivity index (χ1v) is 7.13. The van der Waals surface area contributed by atoms with E-state index in [0.717, 1.165) is 17.4 Å². The van der Waals surface area contributed by atoms with E-state index >= 15 is 0 Å². The van der Waals surface area contributed by atoms with E-state index in [2.05, 4.69) is 38.0 Å². The molecule has 0 radical (unpaired) electrons. The Kier molecular flexibility index (Phi) is 5.41. The Hall–Kier alpha value is -0.130. The summed E-state index contributed by atoms with van der Waals surface area (Å²) in [5, 5.41) is 0. The van der Waals surface area contributed by atoms with Gasteiger partial charge in [0.25, 0.3) is 0 Å². The van der Waals surface area contributed by atoms with Crippen molar-refractivity contribution in [2.45, 2.75) is 39.3 Å². The van der Waals surface area contributed by atoms with Gasteiger partial charge in [0.05, 0.1) is 10.4 Å². The van der Waals surface area contributed by atoms with Crippen LogP contribution in [0.15, 0.2) is 12.1 Å². The number of likely N-dealkylation sites (N-methyl/N-ethyl adjacent to an activating group) is 1. The Balaban J connectivity index is 3.00. The van der Waals surface area contributed by atoms with Gasteiger partial charge in [0.1, 0.15) is 0 Å². The van der Waals surface area contributed by atoms with Gasteiger partial charge in [-0.15, -0.1) is 11.3 Å². The van der Waals surface area contributed by atoms with E-state index in [9.17, 15) is 0 Å². The molecule has 0 amide bonds. The van der Waals surface area contributed by atoms with Gasteiger partial charge in [-0.1, -0.05) is 25.4 Å². The third-order valence-corrected chi connectivity index (χ3v) is 4.63. The number of thiophene rings is 1. The second-order valence-electron chi connectivity index (χ2n) is 4.57. The standard InChI is InChI=1S/C12H22ClN3S/c1-5-16(6-2)12(3,4)11(15-14)9-7-8-10(13)17-9/h7-8,11,15H,5-6,14H2,1-4H3. The Morgan fingerprint density at radius 2 is 2.00 bits per heavy atom. The number of halogens is 1.